The van der Waals surface area contributed by atoms with Crippen LogP contribution in [0.3, 0.4) is 0 Å². The maximum Gasteiger partial charge on any atom is 0.320 e. The molecule has 1 aromatic heterocycles. The molecule has 0 aromatic carbocycles. The molecule has 0 aliphatic heterocycles. The van der Waals surface area contributed by atoms with Crippen LogP contribution in [0.15, 0.2) is 4.42 Å². The molecule has 15 heavy (non-hydrogen) atoms. The van der Waals surface area contributed by atoms with E-state index in [0.717, 1.165) is 6.42 Å². The van der Waals surface area contributed by atoms with E-state index in [1.54, 1.807) is 6.92 Å². The van der Waals surface area contributed by atoms with Gasteiger partial charge in [-0.25, -0.2) is 0 Å². The third-order valence-corrected chi connectivity index (χ3v) is 1.94. The van der Waals surface area contributed by atoms with Crippen LogP contribution in [0.4, 0.5) is 0 Å². The molecule has 1 rings (SSSR count). The van der Waals surface area contributed by atoms with Gasteiger partial charge in [-0.1, -0.05) is 13.3 Å². The highest BCUT2D eigenvalue weighted by Crippen LogP contribution is 2.01. The summed E-state index contributed by atoms with van der Waals surface area (Å²) in [5.74, 6) is 0.0390. The Kier molecular flexibility index (Phi) is 4.23. The minimum absolute atomic E-state index is 0.289. The van der Waals surface area contributed by atoms with Gasteiger partial charge >= 0.3 is 5.97 Å². The van der Waals surface area contributed by atoms with Crippen LogP contribution in [0.25, 0.3) is 0 Å². The predicted molar refractivity (Wildman–Crippen MR) is 52.2 cm³/mol. The van der Waals surface area contributed by atoms with Gasteiger partial charge in [0, 0.05) is 6.92 Å². The fourth-order valence-electron chi connectivity index (χ4n) is 1.22. The van der Waals surface area contributed by atoms with Gasteiger partial charge in [-0.3, -0.25) is 10.1 Å². The predicted octanol–water partition coefficient (Wildman–Crippen LogP) is 0.721. The number of nitrogens with one attached hydrogen (secondary N) is 1. The summed E-state index contributed by atoms with van der Waals surface area (Å²) < 4.78 is 5.11. The van der Waals surface area contributed by atoms with E-state index in [4.69, 9.17) is 9.52 Å². The first-order chi connectivity index (χ1) is 7.13. The van der Waals surface area contributed by atoms with Crippen LogP contribution in [0.5, 0.6) is 0 Å². The molecule has 0 bridgehead atoms. The van der Waals surface area contributed by atoms with Crippen LogP contribution < -0.4 is 5.32 Å². The van der Waals surface area contributed by atoms with Gasteiger partial charge in [0.05, 0.1) is 6.54 Å². The second kappa shape index (κ2) is 5.45. The zero-order valence-corrected chi connectivity index (χ0v) is 8.86. The molecule has 6 heteroatoms. The van der Waals surface area contributed by atoms with Crippen molar-refractivity contribution < 1.29 is 14.3 Å². The Hall–Kier alpha value is -1.43. The monoisotopic (exact) mass is 213 g/mol. The molecule has 2 N–H and O–H groups in total. The van der Waals surface area contributed by atoms with Gasteiger partial charge in [0.15, 0.2) is 0 Å². The molecule has 1 atom stereocenters. The highest BCUT2D eigenvalue weighted by molar-refractivity contribution is 5.73. The number of carbonyl (C=O) groups is 1. The van der Waals surface area contributed by atoms with Gasteiger partial charge in [-0.05, 0) is 6.42 Å². The second-order valence-corrected chi connectivity index (χ2v) is 3.28. The fourth-order valence-corrected chi connectivity index (χ4v) is 1.22. The summed E-state index contributed by atoms with van der Waals surface area (Å²) in [5, 5.41) is 19.1. The molecule has 0 saturated heterocycles. The standard InChI is InChI=1S/C9H15N3O3/c1-3-4-7(9(13)14)10-5-8-12-11-6(2)15-8/h7,10H,3-5H2,1-2H3,(H,13,14). The van der Waals surface area contributed by atoms with Crippen molar-refractivity contribution in [2.24, 2.45) is 0 Å². The number of carboxylic acid groups (broad SMARTS) is 1. The van der Waals surface area contributed by atoms with Crippen molar-refractivity contribution in [2.75, 3.05) is 0 Å². The molecule has 0 spiro atoms. The van der Waals surface area contributed by atoms with E-state index in [1.807, 2.05) is 6.92 Å². The molecule has 0 radical (unpaired) electrons. The maximum absolute atomic E-state index is 10.8. The lowest BCUT2D eigenvalue weighted by atomic mass is 10.2. The van der Waals surface area contributed by atoms with Crippen molar-refractivity contribution in [3.05, 3.63) is 11.8 Å². The average Bonchev–Trinajstić information content (AvgIpc) is 2.58. The molecule has 0 aliphatic carbocycles. The van der Waals surface area contributed by atoms with Crippen LogP contribution >= 0.6 is 0 Å². The van der Waals surface area contributed by atoms with Crippen LogP contribution in [0.1, 0.15) is 31.5 Å². The topological polar surface area (TPSA) is 88.3 Å². The molecule has 1 aromatic rings. The molecule has 1 unspecified atom stereocenters. The van der Waals surface area contributed by atoms with Crippen LogP contribution in [0, 0.1) is 6.92 Å². The summed E-state index contributed by atoms with van der Waals surface area (Å²) in [5.41, 5.74) is 0. The smallest absolute Gasteiger partial charge is 0.320 e. The summed E-state index contributed by atoms with van der Waals surface area (Å²) in [7, 11) is 0. The lowest BCUT2D eigenvalue weighted by Crippen LogP contribution is -2.36. The van der Waals surface area contributed by atoms with Gasteiger partial charge in [0.2, 0.25) is 11.8 Å². The summed E-state index contributed by atoms with van der Waals surface area (Å²) in [6.07, 6.45) is 1.40. The molecular weight excluding hydrogens is 198 g/mol. The minimum Gasteiger partial charge on any atom is -0.480 e. The van der Waals surface area contributed by atoms with Crippen molar-refractivity contribution in [3.63, 3.8) is 0 Å². The Morgan fingerprint density at radius 3 is 2.80 bits per heavy atom. The van der Waals surface area contributed by atoms with Gasteiger partial charge in [0.1, 0.15) is 6.04 Å². The summed E-state index contributed by atoms with van der Waals surface area (Å²) in [6.45, 7) is 3.92. The van der Waals surface area contributed by atoms with E-state index in [2.05, 4.69) is 15.5 Å². The maximum atomic E-state index is 10.8. The van der Waals surface area contributed by atoms with Crippen molar-refractivity contribution in [3.8, 4) is 0 Å². The van der Waals surface area contributed by atoms with E-state index >= 15 is 0 Å². The lowest BCUT2D eigenvalue weighted by Gasteiger charge is -2.11. The molecule has 0 fully saturated rings. The van der Waals surface area contributed by atoms with Gasteiger partial charge in [0.25, 0.3) is 0 Å². The zero-order chi connectivity index (χ0) is 11.3. The molecular formula is C9H15N3O3. The first-order valence-corrected chi connectivity index (χ1v) is 4.88. The van der Waals surface area contributed by atoms with E-state index in [9.17, 15) is 4.79 Å². The molecule has 0 aliphatic rings. The molecule has 84 valence electrons. The summed E-state index contributed by atoms with van der Waals surface area (Å²) in [6, 6.07) is -0.554. The van der Waals surface area contributed by atoms with E-state index in [1.165, 1.54) is 0 Å². The minimum atomic E-state index is -0.854. The van der Waals surface area contributed by atoms with Crippen molar-refractivity contribution >= 4 is 5.97 Å². The average molecular weight is 213 g/mol. The Bertz CT molecular complexity index is 324. The molecule has 0 amide bonds. The van der Waals surface area contributed by atoms with Crippen molar-refractivity contribution in [1.29, 1.82) is 0 Å². The first-order valence-electron chi connectivity index (χ1n) is 4.88. The zero-order valence-electron chi connectivity index (χ0n) is 8.86. The third-order valence-electron chi connectivity index (χ3n) is 1.94. The summed E-state index contributed by atoms with van der Waals surface area (Å²) in [4.78, 5) is 10.8. The Morgan fingerprint density at radius 2 is 2.33 bits per heavy atom. The number of rotatable bonds is 6. The lowest BCUT2D eigenvalue weighted by molar-refractivity contribution is -0.139. The number of aryl methyl sites for hydroxylation is 1. The fraction of sp³-hybridized carbons (Fsp3) is 0.667. The van der Waals surface area contributed by atoms with Crippen molar-refractivity contribution in [1.82, 2.24) is 15.5 Å². The number of hydrogen-bond donors (Lipinski definition) is 2. The molecule has 1 heterocycles. The van der Waals surface area contributed by atoms with Gasteiger partial charge in [-0.15, -0.1) is 10.2 Å². The molecule has 6 nitrogen and oxygen atoms in total. The number of aliphatic carboxylic acids is 1. The van der Waals surface area contributed by atoms with E-state index in [0.29, 0.717) is 18.2 Å². The van der Waals surface area contributed by atoms with E-state index < -0.39 is 12.0 Å². The SMILES string of the molecule is CCCC(NCc1nnc(C)o1)C(=O)O. The van der Waals surface area contributed by atoms with Crippen LogP contribution in [-0.4, -0.2) is 27.3 Å². The number of carboxylic acids is 1. The van der Waals surface area contributed by atoms with Crippen LogP contribution in [0.2, 0.25) is 0 Å². The van der Waals surface area contributed by atoms with Gasteiger partial charge < -0.3 is 9.52 Å². The number of aromatic nitrogens is 2. The normalized spacial score (nSPS) is 12.7. The van der Waals surface area contributed by atoms with Gasteiger partial charge in [-0.2, -0.15) is 0 Å². The number of nitrogens with zero attached hydrogens (tertiary/aromatic N) is 2. The summed E-state index contributed by atoms with van der Waals surface area (Å²) >= 11 is 0. The quantitative estimate of drug-likeness (QED) is 0.723. The largest absolute Gasteiger partial charge is 0.480 e. The number of hydrogen-bond acceptors (Lipinski definition) is 5. The Labute approximate surface area is 87.7 Å². The highest BCUT2D eigenvalue weighted by atomic mass is 16.4. The third kappa shape index (κ3) is 3.67. The van der Waals surface area contributed by atoms with Crippen LogP contribution in [-0.2, 0) is 11.3 Å². The Balaban J connectivity index is 2.43. The van der Waals surface area contributed by atoms with E-state index in [-0.39, 0.29) is 6.54 Å². The molecule has 0 saturated carbocycles. The second-order valence-electron chi connectivity index (χ2n) is 3.28. The highest BCUT2D eigenvalue weighted by Gasteiger charge is 2.16. The van der Waals surface area contributed by atoms with Crippen molar-refractivity contribution in [2.45, 2.75) is 39.3 Å². The Morgan fingerprint density at radius 1 is 1.60 bits per heavy atom. The first kappa shape index (κ1) is 11.6.